The van der Waals surface area contributed by atoms with E-state index < -0.39 is 21.3 Å². The molecule has 4 saturated carbocycles. The molecule has 6 aliphatic rings. The van der Waals surface area contributed by atoms with E-state index in [4.69, 9.17) is 0 Å². The molecule has 4 fully saturated rings. The van der Waals surface area contributed by atoms with Gasteiger partial charge >= 0.3 is 301 Å². The Bertz CT molecular complexity index is 1800. The van der Waals surface area contributed by atoms with Crippen molar-refractivity contribution in [1.82, 2.24) is 0 Å². The van der Waals surface area contributed by atoms with Gasteiger partial charge in [-0.2, -0.15) is 0 Å². The molecule has 9 rings (SSSR count). The molecule has 0 N–H and O–H groups in total. The van der Waals surface area contributed by atoms with E-state index in [1.54, 1.807) is 16.7 Å². The van der Waals surface area contributed by atoms with Gasteiger partial charge in [-0.25, -0.2) is 0 Å². The summed E-state index contributed by atoms with van der Waals surface area (Å²) in [6.07, 6.45) is 13.1. The maximum absolute atomic E-state index is 2.84. The third-order valence-electron chi connectivity index (χ3n) is 13.8. The minimum atomic E-state index is -2.57. The summed E-state index contributed by atoms with van der Waals surface area (Å²) in [4.78, 5) is 0. The molecule has 0 aromatic heterocycles. The summed E-state index contributed by atoms with van der Waals surface area (Å²) in [5.74, 6) is 4.32. The van der Waals surface area contributed by atoms with Crippen molar-refractivity contribution in [3.8, 4) is 11.1 Å². The number of fused-ring (bicyclic) bond motifs is 3. The molecule has 1 atom stereocenters. The Morgan fingerprint density at radius 2 is 1.18 bits per heavy atom. The second kappa shape index (κ2) is 13.4. The fraction of sp³-hybridized carbons (Fsp3) is 0.511. The first-order chi connectivity index (χ1) is 22.6. The van der Waals surface area contributed by atoms with E-state index in [0.717, 1.165) is 23.7 Å². The van der Waals surface area contributed by atoms with Crippen LogP contribution in [-0.2, 0) is 32.1 Å². The molecule has 50 heavy (non-hydrogen) atoms. The SMILES string of the molecule is Cc1cc2c(cc1C(C)(C)C)-c1cc(C(C)(C)C)c(C)cc1[CH]2/[Zr+2](=[CH]/c1ccccc1)[C]1=CC(C2(C)C3CC4CC(C3)CC2C4)=CC1C.[Cl-].[Cl-]. The Kier molecular flexibility index (Phi) is 10.2. The summed E-state index contributed by atoms with van der Waals surface area (Å²) >= 11 is -2.57. The van der Waals surface area contributed by atoms with E-state index in [1.807, 2.05) is 3.28 Å². The van der Waals surface area contributed by atoms with Crippen LogP contribution in [0.4, 0.5) is 0 Å². The Morgan fingerprint density at radius 3 is 1.64 bits per heavy atom. The van der Waals surface area contributed by atoms with Crippen LogP contribution in [0.5, 0.6) is 0 Å². The predicted molar refractivity (Wildman–Crippen MR) is 203 cm³/mol. The number of aryl methyl sites for hydroxylation is 2. The van der Waals surface area contributed by atoms with Crippen LogP contribution in [0.15, 0.2) is 75.6 Å². The number of hydrogen-bond donors (Lipinski definition) is 0. The van der Waals surface area contributed by atoms with Crippen LogP contribution in [0.1, 0.15) is 130 Å². The second-order valence-corrected chi connectivity index (χ2v) is 24.8. The maximum atomic E-state index is 2.84. The van der Waals surface area contributed by atoms with Gasteiger partial charge in [-0.3, -0.25) is 0 Å². The van der Waals surface area contributed by atoms with Crippen molar-refractivity contribution in [3.05, 3.63) is 115 Å². The smallest absolute Gasteiger partial charge is 1.00 e. The number of allylic oxidation sites excluding steroid dienone is 4. The maximum Gasteiger partial charge on any atom is -1.00 e. The molecule has 0 spiro atoms. The summed E-state index contributed by atoms with van der Waals surface area (Å²) in [7, 11) is 0. The molecule has 0 heterocycles. The molecule has 3 heteroatoms. The molecule has 0 amide bonds. The average Bonchev–Trinajstić information content (AvgIpc) is 3.54. The Morgan fingerprint density at radius 1 is 0.700 bits per heavy atom. The van der Waals surface area contributed by atoms with Gasteiger partial charge in [0.25, 0.3) is 0 Å². The largest absolute Gasteiger partial charge is 1.00 e. The fourth-order valence-corrected chi connectivity index (χ4v) is 19.7. The van der Waals surface area contributed by atoms with Crippen molar-refractivity contribution >= 4 is 3.71 Å². The first kappa shape index (κ1) is 38.2. The molecule has 3 aromatic rings. The molecule has 264 valence electrons. The second-order valence-electron chi connectivity index (χ2n) is 19.0. The van der Waals surface area contributed by atoms with Crippen molar-refractivity contribution in [2.75, 3.05) is 0 Å². The van der Waals surface area contributed by atoms with Crippen LogP contribution >= 0.6 is 0 Å². The van der Waals surface area contributed by atoms with Gasteiger partial charge in [0.15, 0.2) is 0 Å². The van der Waals surface area contributed by atoms with Gasteiger partial charge in [0.2, 0.25) is 0 Å². The van der Waals surface area contributed by atoms with Crippen molar-refractivity contribution in [1.29, 1.82) is 0 Å². The fourth-order valence-electron chi connectivity index (χ4n) is 11.6. The number of benzene rings is 3. The standard InChI is InChI=1S/C23H29.C17H23.C7H6.2ClH.Zr/c1-14-9-16-11-17-10-15(2)21(23(6,7)8)13-19(17)18(16)12-20(14)22(3,4)5;1-11-3-4-14(5-11)17(2)15-7-12-6-13(9-15)10-16(17)8-12;1-7-5-3-2-4-6-7;;;/h9-13H,1-8H3;4-5,11-13,15-16H,6-10H2,1-2H3;1-6H;2*1H;/q;;;;;+2/p-2. The average molecular weight is 785 g/mol. The van der Waals surface area contributed by atoms with Crippen molar-refractivity contribution < 1.29 is 46.1 Å². The van der Waals surface area contributed by atoms with Crippen LogP contribution in [0.25, 0.3) is 11.1 Å². The number of hydrogen-bond acceptors (Lipinski definition) is 0. The Balaban J connectivity index is 0.00000216. The molecule has 0 radical (unpaired) electrons. The predicted octanol–water partition coefficient (Wildman–Crippen LogP) is 6.37. The molecular weight excluding hydrogens is 727 g/mol. The number of halogens is 2. The number of rotatable bonds is 4. The van der Waals surface area contributed by atoms with Crippen molar-refractivity contribution in [2.24, 2.45) is 35.0 Å². The summed E-state index contributed by atoms with van der Waals surface area (Å²) < 4.78 is 5.15. The zero-order chi connectivity index (χ0) is 33.9. The first-order valence-corrected chi connectivity index (χ1v) is 23.2. The molecule has 3 aromatic carbocycles. The molecular formula is C47H58Cl2Zr. The molecule has 6 aliphatic carbocycles. The van der Waals surface area contributed by atoms with E-state index in [2.05, 4.69) is 140 Å². The van der Waals surface area contributed by atoms with E-state index in [9.17, 15) is 0 Å². The quantitative estimate of drug-likeness (QED) is 0.289. The summed E-state index contributed by atoms with van der Waals surface area (Å²) in [5, 5.41) is 0. The van der Waals surface area contributed by atoms with Crippen LogP contribution in [-0.4, -0.2) is 3.71 Å². The van der Waals surface area contributed by atoms with Gasteiger partial charge in [-0.1, -0.05) is 0 Å². The van der Waals surface area contributed by atoms with Crippen molar-refractivity contribution in [2.45, 2.75) is 116 Å². The van der Waals surface area contributed by atoms with E-state index in [1.165, 1.54) is 71.0 Å². The molecule has 1 unspecified atom stereocenters. The topological polar surface area (TPSA) is 0 Å². The third kappa shape index (κ3) is 6.20. The van der Waals surface area contributed by atoms with Crippen LogP contribution in [0.3, 0.4) is 0 Å². The van der Waals surface area contributed by atoms with Crippen LogP contribution in [0, 0.1) is 48.9 Å². The summed E-state index contributed by atoms with van der Waals surface area (Å²) in [6.45, 7) is 24.3. The molecule has 4 bridgehead atoms. The third-order valence-corrected chi connectivity index (χ3v) is 21.5. The minimum absolute atomic E-state index is 0. The molecule has 0 aliphatic heterocycles. The van der Waals surface area contributed by atoms with Crippen LogP contribution < -0.4 is 24.8 Å². The Labute approximate surface area is 324 Å². The van der Waals surface area contributed by atoms with Crippen LogP contribution in [0.2, 0.25) is 0 Å². The van der Waals surface area contributed by atoms with Gasteiger partial charge in [0, 0.05) is 0 Å². The Hall–Kier alpha value is -1.53. The summed E-state index contributed by atoms with van der Waals surface area (Å²) in [5.41, 5.74) is 15.9. The van der Waals surface area contributed by atoms with Gasteiger partial charge in [0.1, 0.15) is 0 Å². The monoisotopic (exact) mass is 782 g/mol. The zero-order valence-corrected chi connectivity index (χ0v) is 36.2. The van der Waals surface area contributed by atoms with E-state index in [0.29, 0.717) is 15.0 Å². The van der Waals surface area contributed by atoms with Crippen molar-refractivity contribution in [3.63, 3.8) is 0 Å². The molecule has 0 saturated heterocycles. The minimum Gasteiger partial charge on any atom is -1.00 e. The van der Waals surface area contributed by atoms with Gasteiger partial charge < -0.3 is 24.8 Å². The molecule has 0 nitrogen and oxygen atoms in total. The van der Waals surface area contributed by atoms with Gasteiger partial charge in [-0.15, -0.1) is 0 Å². The zero-order valence-electron chi connectivity index (χ0n) is 32.2. The first-order valence-electron chi connectivity index (χ1n) is 19.1. The van der Waals surface area contributed by atoms with Gasteiger partial charge in [-0.05, 0) is 0 Å². The normalized spacial score (nSPS) is 28.1. The van der Waals surface area contributed by atoms with E-state index >= 15 is 0 Å². The van der Waals surface area contributed by atoms with Gasteiger partial charge in [0.05, 0.1) is 0 Å². The van der Waals surface area contributed by atoms with E-state index in [-0.39, 0.29) is 35.6 Å². The summed E-state index contributed by atoms with van der Waals surface area (Å²) in [6, 6.07) is 21.9.